The van der Waals surface area contributed by atoms with Gasteiger partial charge >= 0.3 is 0 Å². The van der Waals surface area contributed by atoms with Crippen LogP contribution in [-0.2, 0) is 28.8 Å². The van der Waals surface area contributed by atoms with Gasteiger partial charge < -0.3 is 14.6 Å². The number of fused-ring (bicyclic) bond motifs is 1. The lowest BCUT2D eigenvalue weighted by Gasteiger charge is -2.27. The molecule has 29 heavy (non-hydrogen) atoms. The van der Waals surface area contributed by atoms with E-state index < -0.39 is 0 Å². The fourth-order valence-corrected chi connectivity index (χ4v) is 4.09. The Morgan fingerprint density at radius 3 is 2.76 bits per heavy atom. The number of H-pyrrole nitrogens is 2. The summed E-state index contributed by atoms with van der Waals surface area (Å²) in [6.07, 6.45) is 7.60. The molecule has 1 aliphatic rings. The Labute approximate surface area is 173 Å². The molecule has 0 saturated heterocycles. The highest BCUT2D eigenvalue weighted by atomic mass is 16.5. The standard InChI is InChI=1S/C23H34N4O2/c1-7-19-18(11-15(5)29-14(3)4)23(26-25-19)21-12-16-9-10-17(13-20(16)24-21)27(6)22(28)8-2/h9-10,12,14-15,17,24H,7-8,11,13H2,1-6H3,(H,25,26). The second-order valence-electron chi connectivity index (χ2n) is 8.19. The van der Waals surface area contributed by atoms with E-state index in [9.17, 15) is 4.79 Å². The third kappa shape index (κ3) is 4.64. The Hall–Kier alpha value is -2.34. The van der Waals surface area contributed by atoms with Crippen molar-refractivity contribution in [3.05, 3.63) is 34.7 Å². The molecular formula is C23H34N4O2. The van der Waals surface area contributed by atoms with E-state index in [1.54, 1.807) is 0 Å². The van der Waals surface area contributed by atoms with E-state index in [2.05, 4.69) is 61.1 Å². The van der Waals surface area contributed by atoms with Crippen LogP contribution in [0.3, 0.4) is 0 Å². The molecule has 0 radical (unpaired) electrons. The number of carbonyl (C=O) groups is 1. The largest absolute Gasteiger partial charge is 0.376 e. The van der Waals surface area contributed by atoms with Gasteiger partial charge in [0.25, 0.3) is 0 Å². The highest BCUT2D eigenvalue weighted by molar-refractivity contribution is 5.77. The van der Waals surface area contributed by atoms with Crippen molar-refractivity contribution in [3.8, 4) is 11.4 Å². The third-order valence-electron chi connectivity index (χ3n) is 5.60. The fourth-order valence-electron chi connectivity index (χ4n) is 4.09. The number of amides is 1. The average Bonchev–Trinajstić information content (AvgIpc) is 3.28. The monoisotopic (exact) mass is 398 g/mol. The summed E-state index contributed by atoms with van der Waals surface area (Å²) in [6.45, 7) is 10.3. The lowest BCUT2D eigenvalue weighted by atomic mass is 9.99. The molecule has 6 heteroatoms. The summed E-state index contributed by atoms with van der Waals surface area (Å²) in [5.74, 6) is 0.163. The number of aromatic nitrogens is 3. The molecule has 1 aliphatic carbocycles. The van der Waals surface area contributed by atoms with Crippen molar-refractivity contribution >= 4 is 12.0 Å². The highest BCUT2D eigenvalue weighted by Gasteiger charge is 2.24. The van der Waals surface area contributed by atoms with Crippen LogP contribution in [0.25, 0.3) is 17.5 Å². The van der Waals surface area contributed by atoms with E-state index in [4.69, 9.17) is 4.74 Å². The molecule has 3 rings (SSSR count). The van der Waals surface area contributed by atoms with Gasteiger partial charge in [0.2, 0.25) is 5.91 Å². The van der Waals surface area contributed by atoms with Crippen molar-refractivity contribution < 1.29 is 9.53 Å². The summed E-state index contributed by atoms with van der Waals surface area (Å²) in [5, 5.41) is 7.84. The third-order valence-corrected chi connectivity index (χ3v) is 5.60. The summed E-state index contributed by atoms with van der Waals surface area (Å²) >= 11 is 0. The molecule has 0 saturated carbocycles. The summed E-state index contributed by atoms with van der Waals surface area (Å²) in [6, 6.07) is 2.25. The van der Waals surface area contributed by atoms with Crippen LogP contribution in [0.2, 0.25) is 0 Å². The zero-order valence-electron chi connectivity index (χ0n) is 18.5. The van der Waals surface area contributed by atoms with Crippen LogP contribution >= 0.6 is 0 Å². The van der Waals surface area contributed by atoms with Gasteiger partial charge in [-0.2, -0.15) is 5.10 Å². The van der Waals surface area contributed by atoms with Gasteiger partial charge in [-0.15, -0.1) is 0 Å². The fraction of sp³-hybridized carbons (Fsp3) is 0.565. The van der Waals surface area contributed by atoms with Crippen molar-refractivity contribution in [1.82, 2.24) is 20.1 Å². The zero-order chi connectivity index (χ0) is 21.1. The molecule has 2 unspecified atom stereocenters. The second-order valence-corrected chi connectivity index (χ2v) is 8.19. The number of carbonyl (C=O) groups excluding carboxylic acids is 1. The minimum atomic E-state index is 0.0887. The molecule has 6 nitrogen and oxygen atoms in total. The number of likely N-dealkylation sites (N-methyl/N-ethyl adjacent to an activating group) is 1. The summed E-state index contributed by atoms with van der Waals surface area (Å²) in [7, 11) is 1.88. The van der Waals surface area contributed by atoms with Crippen LogP contribution in [0, 0.1) is 0 Å². The van der Waals surface area contributed by atoms with Gasteiger partial charge in [-0.05, 0) is 38.8 Å². The van der Waals surface area contributed by atoms with Gasteiger partial charge in [0.05, 0.1) is 23.9 Å². The van der Waals surface area contributed by atoms with Crippen LogP contribution < -0.4 is 0 Å². The molecule has 2 N–H and O–H groups in total. The molecule has 2 heterocycles. The predicted molar refractivity (Wildman–Crippen MR) is 117 cm³/mol. The first kappa shape index (κ1) is 21.4. The van der Waals surface area contributed by atoms with Gasteiger partial charge in [0.1, 0.15) is 5.69 Å². The summed E-state index contributed by atoms with van der Waals surface area (Å²) < 4.78 is 5.97. The number of hydrogen-bond donors (Lipinski definition) is 2. The molecule has 0 spiro atoms. The maximum atomic E-state index is 12.1. The number of ether oxygens (including phenoxy) is 1. The minimum absolute atomic E-state index is 0.0887. The highest BCUT2D eigenvalue weighted by Crippen LogP contribution is 2.30. The normalized spacial score (nSPS) is 16.9. The number of nitrogens with one attached hydrogen (secondary N) is 2. The number of nitrogens with zero attached hydrogens (tertiary/aromatic N) is 2. The number of rotatable bonds is 8. The predicted octanol–water partition coefficient (Wildman–Crippen LogP) is 4.13. The number of aryl methyl sites for hydroxylation is 1. The Bertz CT molecular complexity index is 878. The van der Waals surface area contributed by atoms with Crippen LogP contribution in [0.5, 0.6) is 0 Å². The van der Waals surface area contributed by atoms with Gasteiger partial charge in [-0.1, -0.05) is 26.0 Å². The summed E-state index contributed by atoms with van der Waals surface area (Å²) in [4.78, 5) is 17.5. The SMILES string of the molecule is CCC(=O)N(C)C1C=Cc2cc(-c3n[nH]c(CC)c3CC(C)OC(C)C)[nH]c2C1. The first-order valence-electron chi connectivity index (χ1n) is 10.7. The van der Waals surface area contributed by atoms with Crippen LogP contribution in [0.15, 0.2) is 12.1 Å². The molecule has 0 bridgehead atoms. The number of hydrogen-bond acceptors (Lipinski definition) is 3. The van der Waals surface area contributed by atoms with Gasteiger partial charge in [0, 0.05) is 43.3 Å². The van der Waals surface area contributed by atoms with E-state index in [1.807, 2.05) is 18.9 Å². The Morgan fingerprint density at radius 2 is 2.10 bits per heavy atom. The molecule has 0 fully saturated rings. The molecule has 2 aromatic rings. The Kier molecular flexibility index (Phi) is 6.63. The molecule has 0 aliphatic heterocycles. The topological polar surface area (TPSA) is 74.0 Å². The average molecular weight is 399 g/mol. The molecule has 158 valence electrons. The van der Waals surface area contributed by atoms with Crippen molar-refractivity contribution in [2.75, 3.05) is 7.05 Å². The molecular weight excluding hydrogens is 364 g/mol. The van der Waals surface area contributed by atoms with Gasteiger partial charge in [0.15, 0.2) is 0 Å². The first-order chi connectivity index (χ1) is 13.8. The Balaban J connectivity index is 1.85. The molecule has 0 aromatic carbocycles. The van der Waals surface area contributed by atoms with E-state index in [-0.39, 0.29) is 24.2 Å². The van der Waals surface area contributed by atoms with E-state index in [0.29, 0.717) is 6.42 Å². The van der Waals surface area contributed by atoms with Crippen molar-refractivity contribution in [1.29, 1.82) is 0 Å². The molecule has 2 aromatic heterocycles. The maximum absolute atomic E-state index is 12.1. The van der Waals surface area contributed by atoms with Gasteiger partial charge in [-0.3, -0.25) is 9.89 Å². The lowest BCUT2D eigenvalue weighted by molar-refractivity contribution is -0.130. The molecule has 2 atom stereocenters. The lowest BCUT2D eigenvalue weighted by Crippen LogP contribution is -2.37. The minimum Gasteiger partial charge on any atom is -0.376 e. The van der Waals surface area contributed by atoms with Crippen molar-refractivity contribution in [2.45, 2.75) is 78.6 Å². The van der Waals surface area contributed by atoms with E-state index >= 15 is 0 Å². The molecule has 1 amide bonds. The number of aromatic amines is 2. The van der Waals surface area contributed by atoms with Crippen LogP contribution in [-0.4, -0.2) is 51.3 Å². The van der Waals surface area contributed by atoms with Crippen LogP contribution in [0.4, 0.5) is 0 Å². The smallest absolute Gasteiger partial charge is 0.222 e. The van der Waals surface area contributed by atoms with E-state index in [0.717, 1.165) is 42.0 Å². The van der Waals surface area contributed by atoms with Crippen molar-refractivity contribution in [2.24, 2.45) is 0 Å². The zero-order valence-corrected chi connectivity index (χ0v) is 18.5. The maximum Gasteiger partial charge on any atom is 0.222 e. The second kappa shape index (κ2) is 8.99. The quantitative estimate of drug-likeness (QED) is 0.702. The summed E-state index contributed by atoms with van der Waals surface area (Å²) in [5.41, 5.74) is 6.70. The van der Waals surface area contributed by atoms with Crippen LogP contribution in [0.1, 0.15) is 63.6 Å². The van der Waals surface area contributed by atoms with E-state index in [1.165, 1.54) is 11.1 Å². The Morgan fingerprint density at radius 1 is 1.34 bits per heavy atom. The van der Waals surface area contributed by atoms with Crippen molar-refractivity contribution in [3.63, 3.8) is 0 Å². The first-order valence-corrected chi connectivity index (χ1v) is 10.7. The van der Waals surface area contributed by atoms with Gasteiger partial charge in [-0.25, -0.2) is 0 Å².